The Kier molecular flexibility index (Phi) is 8.53. The molecule has 206 valence electrons. The van der Waals surface area contributed by atoms with E-state index in [2.05, 4.69) is 31.6 Å². The second-order valence-electron chi connectivity index (χ2n) is 11.3. The molecule has 0 spiro atoms. The molecule has 3 atom stereocenters. The molecule has 1 aliphatic carbocycles. The van der Waals surface area contributed by atoms with Gasteiger partial charge in [0, 0.05) is 51.2 Å². The molecule has 3 aliphatic rings. The molecule has 3 fully saturated rings. The molecule has 5 rings (SSSR count). The molecule has 38 heavy (non-hydrogen) atoms. The van der Waals surface area contributed by atoms with E-state index in [0.29, 0.717) is 30.9 Å². The van der Waals surface area contributed by atoms with Crippen molar-refractivity contribution in [3.8, 4) is 0 Å². The molecule has 3 heterocycles. The number of hydrogen-bond acceptors (Lipinski definition) is 6. The number of anilines is 1. The third kappa shape index (κ3) is 6.15. The number of halogens is 2. The summed E-state index contributed by atoms with van der Waals surface area (Å²) in [5.74, 6) is -0.00221. The maximum Gasteiger partial charge on any atom is 0.320 e. The minimum Gasteiger partial charge on any atom is -0.480 e. The summed E-state index contributed by atoms with van der Waals surface area (Å²) in [4.78, 5) is 27.4. The first-order valence-electron chi connectivity index (χ1n) is 14.1. The van der Waals surface area contributed by atoms with E-state index >= 15 is 0 Å². The largest absolute Gasteiger partial charge is 0.480 e. The van der Waals surface area contributed by atoms with Gasteiger partial charge in [-0.15, -0.1) is 0 Å². The van der Waals surface area contributed by atoms with Gasteiger partial charge in [0.25, 0.3) is 0 Å². The first kappa shape index (κ1) is 26.9. The highest BCUT2D eigenvalue weighted by Crippen LogP contribution is 2.38. The highest BCUT2D eigenvalue weighted by atomic mass is 19.1. The molecular weight excluding hydrogens is 488 g/mol. The number of piperidine rings is 1. The van der Waals surface area contributed by atoms with Crippen molar-refractivity contribution in [1.29, 1.82) is 0 Å². The van der Waals surface area contributed by atoms with E-state index in [1.807, 2.05) is 6.07 Å². The van der Waals surface area contributed by atoms with Crippen molar-refractivity contribution in [2.24, 2.45) is 11.8 Å². The molecule has 2 saturated heterocycles. The molecule has 0 bridgehead atoms. The fraction of sp³-hybridized carbons (Fsp3) is 0.621. The number of aromatic nitrogens is 2. The number of hydrogen-bond donors (Lipinski definition) is 1. The van der Waals surface area contributed by atoms with Crippen molar-refractivity contribution in [1.82, 2.24) is 19.8 Å². The molecule has 9 heteroatoms. The molecule has 0 amide bonds. The third-order valence-corrected chi connectivity index (χ3v) is 8.95. The smallest absolute Gasteiger partial charge is 0.320 e. The normalized spacial score (nSPS) is 24.3. The summed E-state index contributed by atoms with van der Waals surface area (Å²) in [5, 5.41) is 10.1. The fourth-order valence-corrected chi connectivity index (χ4v) is 6.67. The predicted octanol–water partition coefficient (Wildman–Crippen LogP) is 4.40. The molecule has 2 aromatic rings. The van der Waals surface area contributed by atoms with Gasteiger partial charge >= 0.3 is 5.97 Å². The van der Waals surface area contributed by atoms with Crippen LogP contribution >= 0.6 is 0 Å². The Bertz CT molecular complexity index is 1070. The predicted molar refractivity (Wildman–Crippen MR) is 142 cm³/mol. The molecule has 3 unspecified atom stereocenters. The van der Waals surface area contributed by atoms with Crippen LogP contribution in [-0.2, 0) is 4.79 Å². The summed E-state index contributed by atoms with van der Waals surface area (Å²) < 4.78 is 27.5. The van der Waals surface area contributed by atoms with Crippen LogP contribution < -0.4 is 4.90 Å². The topological polar surface area (TPSA) is 72.8 Å². The molecule has 1 N–H and O–H groups in total. The van der Waals surface area contributed by atoms with Gasteiger partial charge in [0.15, 0.2) is 5.82 Å². The number of likely N-dealkylation sites (tertiary alicyclic amines) is 2. The average molecular weight is 528 g/mol. The minimum absolute atomic E-state index is 0.103. The minimum atomic E-state index is -0.737. The Balaban J connectivity index is 1.25. The zero-order valence-electron chi connectivity index (χ0n) is 22.2. The molecule has 1 saturated carbocycles. The van der Waals surface area contributed by atoms with Gasteiger partial charge in [0.2, 0.25) is 5.95 Å². The average Bonchev–Trinajstić information content (AvgIpc) is 3.29. The number of aliphatic carboxylic acids is 1. The van der Waals surface area contributed by atoms with Crippen LogP contribution in [0, 0.1) is 23.5 Å². The summed E-state index contributed by atoms with van der Waals surface area (Å²) in [5.41, 5.74) is 0.964. The van der Waals surface area contributed by atoms with Crippen molar-refractivity contribution >= 4 is 11.9 Å². The Morgan fingerprint density at radius 3 is 2.45 bits per heavy atom. The number of benzene rings is 1. The molecule has 7 nitrogen and oxygen atoms in total. The summed E-state index contributed by atoms with van der Waals surface area (Å²) in [6.45, 7) is 6.89. The molecule has 2 aliphatic heterocycles. The lowest BCUT2D eigenvalue weighted by Crippen LogP contribution is -2.47. The number of carbonyl (C=O) groups is 1. The summed E-state index contributed by atoms with van der Waals surface area (Å²) >= 11 is 0. The molecular formula is C29H39F2N5O2. The van der Waals surface area contributed by atoms with Crippen LogP contribution in [0.1, 0.15) is 56.9 Å². The second-order valence-corrected chi connectivity index (χ2v) is 11.3. The van der Waals surface area contributed by atoms with E-state index in [9.17, 15) is 18.7 Å². The first-order valence-corrected chi connectivity index (χ1v) is 14.1. The van der Waals surface area contributed by atoms with Crippen LogP contribution in [0.25, 0.3) is 0 Å². The molecule has 1 aromatic heterocycles. The number of nitrogens with zero attached hydrogens (tertiary/aromatic N) is 5. The maximum absolute atomic E-state index is 14.2. The van der Waals surface area contributed by atoms with Crippen molar-refractivity contribution in [3.63, 3.8) is 0 Å². The number of carboxylic acid groups (broad SMARTS) is 1. The Hall–Kier alpha value is -2.65. The van der Waals surface area contributed by atoms with Gasteiger partial charge in [-0.05, 0) is 55.7 Å². The lowest BCUT2D eigenvalue weighted by atomic mass is 9.80. The SMILES string of the molecule is CCN(c1ncc(F)cn1)C1CCN(CC2CN(C(CC3CCC3)C(=O)O)CC2c2cccc(F)c2)CC1. The standard InChI is InChI=1S/C29H39F2N5O2/c1-2-36(29-32-15-24(31)16-33-29)25-9-11-34(12-10-25)17-22-18-35(27(28(37)38)13-20-5-3-6-20)19-26(22)21-7-4-8-23(30)14-21/h4,7-8,14-16,20,22,25-27H,2-3,5-6,9-13,17-19H2,1H3,(H,37,38). The Morgan fingerprint density at radius 2 is 1.84 bits per heavy atom. The fourth-order valence-electron chi connectivity index (χ4n) is 6.67. The Labute approximate surface area is 223 Å². The van der Waals surface area contributed by atoms with Gasteiger partial charge in [-0.25, -0.2) is 18.7 Å². The highest BCUT2D eigenvalue weighted by Gasteiger charge is 2.41. The van der Waals surface area contributed by atoms with E-state index in [1.54, 1.807) is 12.1 Å². The Morgan fingerprint density at radius 1 is 1.11 bits per heavy atom. The van der Waals surface area contributed by atoms with E-state index in [-0.39, 0.29) is 17.7 Å². The van der Waals surface area contributed by atoms with Crippen molar-refractivity contribution in [3.05, 3.63) is 53.9 Å². The zero-order chi connectivity index (χ0) is 26.6. The van der Waals surface area contributed by atoms with Gasteiger partial charge in [-0.1, -0.05) is 31.4 Å². The van der Waals surface area contributed by atoms with Gasteiger partial charge < -0.3 is 14.9 Å². The zero-order valence-corrected chi connectivity index (χ0v) is 22.2. The second kappa shape index (κ2) is 12.0. The van der Waals surface area contributed by atoms with Crippen LogP contribution in [0.5, 0.6) is 0 Å². The summed E-state index contributed by atoms with van der Waals surface area (Å²) in [6.07, 6.45) is 8.50. The van der Waals surface area contributed by atoms with Gasteiger partial charge in [0.05, 0.1) is 12.4 Å². The highest BCUT2D eigenvalue weighted by molar-refractivity contribution is 5.73. The first-order chi connectivity index (χ1) is 18.4. The van der Waals surface area contributed by atoms with E-state index in [4.69, 9.17) is 0 Å². The van der Waals surface area contributed by atoms with Gasteiger partial charge in [-0.3, -0.25) is 9.69 Å². The lowest BCUT2D eigenvalue weighted by Gasteiger charge is -2.39. The monoisotopic (exact) mass is 527 g/mol. The van der Waals surface area contributed by atoms with Crippen LogP contribution in [0.3, 0.4) is 0 Å². The van der Waals surface area contributed by atoms with Crippen LogP contribution in [0.4, 0.5) is 14.7 Å². The van der Waals surface area contributed by atoms with E-state index in [1.165, 1.54) is 24.9 Å². The van der Waals surface area contributed by atoms with E-state index in [0.717, 1.165) is 64.0 Å². The number of rotatable bonds is 10. The lowest BCUT2D eigenvalue weighted by molar-refractivity contribution is -0.144. The third-order valence-electron chi connectivity index (χ3n) is 8.95. The molecule has 0 radical (unpaired) electrons. The maximum atomic E-state index is 14.2. The van der Waals surface area contributed by atoms with Gasteiger partial charge in [0.1, 0.15) is 11.9 Å². The summed E-state index contributed by atoms with van der Waals surface area (Å²) in [6, 6.07) is 6.66. The quantitative estimate of drug-likeness (QED) is 0.491. The van der Waals surface area contributed by atoms with Gasteiger partial charge in [-0.2, -0.15) is 0 Å². The molecule has 1 aromatic carbocycles. The summed E-state index contributed by atoms with van der Waals surface area (Å²) in [7, 11) is 0. The van der Waals surface area contributed by atoms with Crippen molar-refractivity contribution < 1.29 is 18.7 Å². The van der Waals surface area contributed by atoms with E-state index < -0.39 is 17.8 Å². The van der Waals surface area contributed by atoms with Crippen molar-refractivity contribution in [2.75, 3.05) is 44.2 Å². The number of carboxylic acids is 1. The van der Waals surface area contributed by atoms with Crippen LogP contribution in [0.2, 0.25) is 0 Å². The van der Waals surface area contributed by atoms with Crippen LogP contribution in [0.15, 0.2) is 36.7 Å². The van der Waals surface area contributed by atoms with Crippen molar-refractivity contribution in [2.45, 2.75) is 63.5 Å². The van der Waals surface area contributed by atoms with Crippen LogP contribution in [-0.4, -0.2) is 82.2 Å².